The van der Waals surface area contributed by atoms with Crippen LogP contribution in [-0.4, -0.2) is 24.4 Å². The molecule has 0 saturated carbocycles. The molecule has 5 nitrogen and oxygen atoms in total. The van der Waals surface area contributed by atoms with Gasteiger partial charge in [0.2, 0.25) is 5.91 Å². The Morgan fingerprint density at radius 2 is 1.85 bits per heavy atom. The first kappa shape index (κ1) is 15.9. The largest absolute Gasteiger partial charge is 0.452 e. The van der Waals surface area contributed by atoms with Crippen LogP contribution in [0.4, 0.5) is 0 Å². The number of nitrogens with one attached hydrogen (secondary N) is 1. The molecular formula is C15H19NO4. The molecule has 0 fully saturated rings. The zero-order valence-corrected chi connectivity index (χ0v) is 12.1. The standard InChI is InChI=1S/C15H19NO4/c1-9(2)14(18)16-13(17)8-20-15(19)12-7-5-6-10(3)11(12)4/h5-7,9H,8H2,1-4H3,(H,16,17,18). The molecule has 0 aliphatic rings. The number of rotatable bonds is 4. The van der Waals surface area contributed by atoms with Crippen molar-refractivity contribution >= 4 is 17.8 Å². The first-order valence-electron chi connectivity index (χ1n) is 6.40. The number of carbonyl (C=O) groups is 3. The maximum absolute atomic E-state index is 11.9. The molecule has 0 radical (unpaired) electrons. The van der Waals surface area contributed by atoms with Crippen molar-refractivity contribution in [2.24, 2.45) is 5.92 Å². The van der Waals surface area contributed by atoms with Crippen molar-refractivity contribution in [3.63, 3.8) is 0 Å². The van der Waals surface area contributed by atoms with E-state index in [2.05, 4.69) is 5.32 Å². The topological polar surface area (TPSA) is 72.5 Å². The second kappa shape index (κ2) is 6.84. The van der Waals surface area contributed by atoms with E-state index in [9.17, 15) is 14.4 Å². The number of hydrogen-bond acceptors (Lipinski definition) is 4. The average molecular weight is 277 g/mol. The minimum atomic E-state index is -0.623. The van der Waals surface area contributed by atoms with Gasteiger partial charge in [0.15, 0.2) is 6.61 Å². The Balaban J connectivity index is 2.58. The summed E-state index contributed by atoms with van der Waals surface area (Å²) in [7, 11) is 0. The van der Waals surface area contributed by atoms with Crippen LogP contribution in [0.25, 0.3) is 0 Å². The lowest BCUT2D eigenvalue weighted by Crippen LogP contribution is -2.36. The summed E-state index contributed by atoms with van der Waals surface area (Å²) < 4.78 is 4.90. The van der Waals surface area contributed by atoms with E-state index in [1.807, 2.05) is 19.9 Å². The minimum absolute atomic E-state index is 0.298. The molecule has 20 heavy (non-hydrogen) atoms. The molecular weight excluding hydrogens is 258 g/mol. The third-order valence-corrected chi connectivity index (χ3v) is 2.95. The third-order valence-electron chi connectivity index (χ3n) is 2.95. The van der Waals surface area contributed by atoms with E-state index < -0.39 is 24.4 Å². The van der Waals surface area contributed by atoms with Crippen molar-refractivity contribution in [2.45, 2.75) is 27.7 Å². The molecule has 0 atom stereocenters. The van der Waals surface area contributed by atoms with Gasteiger partial charge in [-0.25, -0.2) is 4.79 Å². The van der Waals surface area contributed by atoms with E-state index in [4.69, 9.17) is 4.74 Å². The molecule has 0 heterocycles. The Morgan fingerprint density at radius 3 is 2.45 bits per heavy atom. The minimum Gasteiger partial charge on any atom is -0.452 e. The highest BCUT2D eigenvalue weighted by molar-refractivity contribution is 5.98. The Kier molecular flexibility index (Phi) is 5.43. The van der Waals surface area contributed by atoms with Gasteiger partial charge in [0, 0.05) is 5.92 Å². The molecule has 0 aliphatic carbocycles. The van der Waals surface area contributed by atoms with Crippen LogP contribution in [0, 0.1) is 19.8 Å². The van der Waals surface area contributed by atoms with Crippen molar-refractivity contribution in [3.05, 3.63) is 34.9 Å². The predicted octanol–water partition coefficient (Wildman–Crippen LogP) is 1.76. The molecule has 0 unspecified atom stereocenters. The van der Waals surface area contributed by atoms with Crippen LogP contribution in [-0.2, 0) is 14.3 Å². The first-order valence-corrected chi connectivity index (χ1v) is 6.40. The van der Waals surface area contributed by atoms with Gasteiger partial charge in [-0.05, 0) is 31.0 Å². The summed E-state index contributed by atoms with van der Waals surface area (Å²) in [5.74, 6) is -1.88. The van der Waals surface area contributed by atoms with Crippen molar-refractivity contribution in [2.75, 3.05) is 6.61 Å². The molecule has 0 spiro atoms. The number of hydrogen-bond donors (Lipinski definition) is 1. The van der Waals surface area contributed by atoms with Crippen LogP contribution >= 0.6 is 0 Å². The molecule has 1 N–H and O–H groups in total. The van der Waals surface area contributed by atoms with Gasteiger partial charge in [-0.15, -0.1) is 0 Å². The van der Waals surface area contributed by atoms with Crippen LogP contribution in [0.3, 0.4) is 0 Å². The van der Waals surface area contributed by atoms with Crippen LogP contribution in [0.1, 0.15) is 35.3 Å². The summed E-state index contributed by atoms with van der Waals surface area (Å²) >= 11 is 0. The predicted molar refractivity (Wildman–Crippen MR) is 74.2 cm³/mol. The molecule has 5 heteroatoms. The quantitative estimate of drug-likeness (QED) is 0.851. The van der Waals surface area contributed by atoms with Crippen molar-refractivity contribution in [1.82, 2.24) is 5.32 Å². The first-order chi connectivity index (χ1) is 9.32. The molecule has 0 saturated heterocycles. The monoisotopic (exact) mass is 277 g/mol. The van der Waals surface area contributed by atoms with Gasteiger partial charge in [0.25, 0.3) is 5.91 Å². The molecule has 0 aliphatic heterocycles. The van der Waals surface area contributed by atoms with Crippen molar-refractivity contribution in [1.29, 1.82) is 0 Å². The normalized spacial score (nSPS) is 10.2. The Morgan fingerprint density at radius 1 is 1.20 bits per heavy atom. The summed E-state index contributed by atoms with van der Waals surface area (Å²) in [5, 5.41) is 2.16. The highest BCUT2D eigenvalue weighted by atomic mass is 16.5. The lowest BCUT2D eigenvalue weighted by molar-refractivity contribution is -0.133. The number of ether oxygens (including phenoxy) is 1. The van der Waals surface area contributed by atoms with Crippen LogP contribution < -0.4 is 5.32 Å². The Bertz CT molecular complexity index is 535. The highest BCUT2D eigenvalue weighted by Gasteiger charge is 2.15. The summed E-state index contributed by atoms with van der Waals surface area (Å²) in [4.78, 5) is 34.6. The zero-order valence-electron chi connectivity index (χ0n) is 12.1. The Labute approximate surface area is 118 Å². The van der Waals surface area contributed by atoms with Gasteiger partial charge in [-0.3, -0.25) is 14.9 Å². The van der Waals surface area contributed by atoms with E-state index in [-0.39, 0.29) is 5.92 Å². The number of esters is 1. The highest BCUT2D eigenvalue weighted by Crippen LogP contribution is 2.13. The van der Waals surface area contributed by atoms with E-state index in [1.165, 1.54) is 0 Å². The van der Waals surface area contributed by atoms with Crippen LogP contribution in [0.15, 0.2) is 18.2 Å². The summed E-state index contributed by atoms with van der Waals surface area (Å²) in [6.45, 7) is 6.58. The number of amides is 2. The molecule has 1 aromatic carbocycles. The van der Waals surface area contributed by atoms with E-state index >= 15 is 0 Å². The van der Waals surface area contributed by atoms with Gasteiger partial charge in [-0.1, -0.05) is 26.0 Å². The van der Waals surface area contributed by atoms with Crippen LogP contribution in [0.5, 0.6) is 0 Å². The second-order valence-electron chi connectivity index (χ2n) is 4.89. The SMILES string of the molecule is Cc1cccc(C(=O)OCC(=O)NC(=O)C(C)C)c1C. The van der Waals surface area contributed by atoms with Crippen molar-refractivity contribution in [3.8, 4) is 0 Å². The molecule has 0 bridgehead atoms. The molecule has 1 rings (SSSR count). The second-order valence-corrected chi connectivity index (χ2v) is 4.89. The maximum atomic E-state index is 11.9. The third kappa shape index (κ3) is 4.19. The van der Waals surface area contributed by atoms with E-state index in [0.717, 1.165) is 11.1 Å². The van der Waals surface area contributed by atoms with E-state index in [0.29, 0.717) is 5.56 Å². The number of imide groups is 1. The van der Waals surface area contributed by atoms with Gasteiger partial charge in [-0.2, -0.15) is 0 Å². The number of benzene rings is 1. The maximum Gasteiger partial charge on any atom is 0.338 e. The summed E-state index contributed by atoms with van der Waals surface area (Å²) in [6.07, 6.45) is 0. The fourth-order valence-corrected chi connectivity index (χ4v) is 1.50. The van der Waals surface area contributed by atoms with E-state index in [1.54, 1.807) is 26.0 Å². The smallest absolute Gasteiger partial charge is 0.338 e. The number of aryl methyl sites for hydroxylation is 1. The van der Waals surface area contributed by atoms with Gasteiger partial charge >= 0.3 is 5.97 Å². The van der Waals surface area contributed by atoms with Gasteiger partial charge in [0.1, 0.15) is 0 Å². The van der Waals surface area contributed by atoms with Gasteiger partial charge < -0.3 is 4.74 Å². The molecule has 2 amide bonds. The van der Waals surface area contributed by atoms with Gasteiger partial charge in [0.05, 0.1) is 5.56 Å². The number of carbonyl (C=O) groups excluding carboxylic acids is 3. The zero-order chi connectivity index (χ0) is 15.3. The van der Waals surface area contributed by atoms with Crippen molar-refractivity contribution < 1.29 is 19.1 Å². The summed E-state index contributed by atoms with van der Waals surface area (Å²) in [6, 6.07) is 5.28. The lowest BCUT2D eigenvalue weighted by Gasteiger charge is -2.09. The molecule has 108 valence electrons. The van der Waals surface area contributed by atoms with Crippen LogP contribution in [0.2, 0.25) is 0 Å². The lowest BCUT2D eigenvalue weighted by atomic mass is 10.0. The molecule has 0 aromatic heterocycles. The fraction of sp³-hybridized carbons (Fsp3) is 0.400. The Hall–Kier alpha value is -2.17. The summed E-state index contributed by atoms with van der Waals surface area (Å²) in [5.41, 5.74) is 2.21. The fourth-order valence-electron chi connectivity index (χ4n) is 1.50. The molecule has 1 aromatic rings. The average Bonchev–Trinajstić information content (AvgIpc) is 2.39.